The summed E-state index contributed by atoms with van der Waals surface area (Å²) in [7, 11) is 0. The van der Waals surface area contributed by atoms with E-state index in [-0.39, 0.29) is 29.5 Å². The molecule has 2 aromatic rings. The van der Waals surface area contributed by atoms with Crippen molar-refractivity contribution in [2.24, 2.45) is 5.92 Å². The van der Waals surface area contributed by atoms with Crippen molar-refractivity contribution in [3.63, 3.8) is 0 Å². The van der Waals surface area contributed by atoms with Crippen LogP contribution in [0.4, 0.5) is 4.39 Å². The van der Waals surface area contributed by atoms with Gasteiger partial charge in [-0.3, -0.25) is 9.59 Å². The van der Waals surface area contributed by atoms with Crippen LogP contribution < -0.4 is 5.56 Å². The van der Waals surface area contributed by atoms with Crippen molar-refractivity contribution < 1.29 is 9.18 Å². The molecule has 1 saturated carbocycles. The van der Waals surface area contributed by atoms with Crippen LogP contribution in [0.15, 0.2) is 45.8 Å². The minimum absolute atomic E-state index is 0.0644. The van der Waals surface area contributed by atoms with E-state index in [1.807, 2.05) is 6.07 Å². The molecule has 1 aromatic heterocycles. The zero-order valence-electron chi connectivity index (χ0n) is 13.2. The zero-order chi connectivity index (χ0) is 17.1. The van der Waals surface area contributed by atoms with Gasteiger partial charge in [-0.25, -0.2) is 4.39 Å². The van der Waals surface area contributed by atoms with Crippen LogP contribution in [0.1, 0.15) is 53.9 Å². The predicted molar refractivity (Wildman–Crippen MR) is 94.8 cm³/mol. The van der Waals surface area contributed by atoms with E-state index in [4.69, 9.17) is 0 Å². The Morgan fingerprint density at radius 2 is 2.00 bits per heavy atom. The third-order valence-electron chi connectivity index (χ3n) is 4.84. The number of benzene rings is 1. The van der Waals surface area contributed by atoms with Crippen LogP contribution in [0.3, 0.4) is 0 Å². The Bertz CT molecular complexity index is 776. The normalized spacial score (nSPS) is 16.2. The molecule has 3 nitrogen and oxygen atoms in total. The highest BCUT2D eigenvalue weighted by Crippen LogP contribution is 2.41. The Kier molecular flexibility index (Phi) is 5.29. The summed E-state index contributed by atoms with van der Waals surface area (Å²) in [5, 5.41) is 0. The number of aromatic amines is 1. The highest BCUT2D eigenvalue weighted by atomic mass is 79.9. The zero-order valence-corrected chi connectivity index (χ0v) is 14.8. The molecule has 5 heteroatoms. The highest BCUT2D eigenvalue weighted by Gasteiger charge is 2.30. The number of aromatic nitrogens is 1. The molecule has 1 aliphatic rings. The molecule has 1 aromatic carbocycles. The average Bonchev–Trinajstić information content (AvgIpc) is 3.08. The van der Waals surface area contributed by atoms with Crippen LogP contribution in [0, 0.1) is 11.7 Å². The number of H-pyrrole nitrogens is 1. The van der Waals surface area contributed by atoms with Crippen molar-refractivity contribution >= 4 is 21.7 Å². The molecule has 1 atom stereocenters. The van der Waals surface area contributed by atoms with Gasteiger partial charge in [-0.05, 0) is 48.4 Å². The first-order valence-electron chi connectivity index (χ1n) is 8.21. The summed E-state index contributed by atoms with van der Waals surface area (Å²) in [6.45, 7) is 0. The molecule has 1 fully saturated rings. The maximum Gasteiger partial charge on any atom is 0.247 e. The molecule has 3 rings (SSSR count). The summed E-state index contributed by atoms with van der Waals surface area (Å²) in [5.41, 5.74) is 0.843. The number of hydrogen-bond donors (Lipinski definition) is 1. The average molecular weight is 392 g/mol. The monoisotopic (exact) mass is 391 g/mol. The molecular weight excluding hydrogens is 373 g/mol. The molecule has 0 saturated heterocycles. The van der Waals surface area contributed by atoms with Gasteiger partial charge < -0.3 is 4.98 Å². The number of carbonyl (C=O) groups is 1. The first kappa shape index (κ1) is 17.1. The summed E-state index contributed by atoms with van der Waals surface area (Å²) in [6.07, 6.45) is 6.01. The van der Waals surface area contributed by atoms with Crippen molar-refractivity contribution in [3.05, 3.63) is 68.3 Å². The van der Waals surface area contributed by atoms with Crippen LogP contribution in [-0.2, 0) is 0 Å². The van der Waals surface area contributed by atoms with Gasteiger partial charge in [-0.15, -0.1) is 0 Å². The van der Waals surface area contributed by atoms with Gasteiger partial charge in [-0.2, -0.15) is 0 Å². The molecular formula is C19H19BrFNO2. The van der Waals surface area contributed by atoms with Crippen LogP contribution in [0.25, 0.3) is 0 Å². The van der Waals surface area contributed by atoms with E-state index < -0.39 is 0 Å². The van der Waals surface area contributed by atoms with Gasteiger partial charge >= 0.3 is 0 Å². The van der Waals surface area contributed by atoms with E-state index in [1.54, 1.807) is 6.07 Å². The van der Waals surface area contributed by atoms with Gasteiger partial charge in [0, 0.05) is 28.7 Å². The van der Waals surface area contributed by atoms with Crippen LogP contribution in [0.5, 0.6) is 0 Å². The Morgan fingerprint density at radius 3 is 2.62 bits per heavy atom. The molecule has 1 aliphatic carbocycles. The van der Waals surface area contributed by atoms with Gasteiger partial charge in [0.15, 0.2) is 5.78 Å². The van der Waals surface area contributed by atoms with E-state index in [9.17, 15) is 14.0 Å². The van der Waals surface area contributed by atoms with Gasteiger partial charge in [0.1, 0.15) is 5.82 Å². The summed E-state index contributed by atoms with van der Waals surface area (Å²) >= 11 is 3.28. The van der Waals surface area contributed by atoms with Crippen molar-refractivity contribution in [2.75, 3.05) is 0 Å². The minimum atomic E-state index is -0.268. The van der Waals surface area contributed by atoms with Gasteiger partial charge in [0.2, 0.25) is 5.56 Å². The topological polar surface area (TPSA) is 49.9 Å². The SMILES string of the molecule is O=C(CC(c1ccc(Br)cc1F)C1CCCC1)c1ccc(=O)[nH]c1. The number of nitrogens with one attached hydrogen (secondary N) is 1. The number of rotatable bonds is 5. The predicted octanol–water partition coefficient (Wildman–Crippen LogP) is 4.82. The van der Waals surface area contributed by atoms with Crippen LogP contribution in [0.2, 0.25) is 0 Å². The fraction of sp³-hybridized carbons (Fsp3) is 0.368. The van der Waals surface area contributed by atoms with E-state index >= 15 is 0 Å². The number of Topliss-reactive ketones (excluding diaryl/α,β-unsaturated/α-hetero) is 1. The molecule has 0 spiro atoms. The fourth-order valence-electron chi connectivity index (χ4n) is 3.59. The van der Waals surface area contributed by atoms with Crippen LogP contribution >= 0.6 is 15.9 Å². The molecule has 1 heterocycles. The number of hydrogen-bond acceptors (Lipinski definition) is 2. The Morgan fingerprint density at radius 1 is 1.25 bits per heavy atom. The quantitative estimate of drug-likeness (QED) is 0.742. The summed E-state index contributed by atoms with van der Waals surface area (Å²) in [5.74, 6) is -0.131. The Balaban J connectivity index is 1.88. The molecule has 0 bridgehead atoms. The van der Waals surface area contributed by atoms with E-state index in [1.165, 1.54) is 24.4 Å². The van der Waals surface area contributed by atoms with Crippen molar-refractivity contribution in [1.82, 2.24) is 4.98 Å². The number of carbonyl (C=O) groups excluding carboxylic acids is 1. The number of ketones is 1. The molecule has 0 radical (unpaired) electrons. The fourth-order valence-corrected chi connectivity index (χ4v) is 3.93. The second-order valence-electron chi connectivity index (χ2n) is 6.39. The molecule has 126 valence electrons. The molecule has 0 amide bonds. The third-order valence-corrected chi connectivity index (χ3v) is 5.34. The molecule has 24 heavy (non-hydrogen) atoms. The molecule has 1 unspecified atom stereocenters. The highest BCUT2D eigenvalue weighted by molar-refractivity contribution is 9.10. The van der Waals surface area contributed by atoms with Gasteiger partial charge in [0.05, 0.1) is 0 Å². The number of pyridine rings is 1. The first-order valence-corrected chi connectivity index (χ1v) is 9.01. The lowest BCUT2D eigenvalue weighted by atomic mass is 9.80. The second-order valence-corrected chi connectivity index (χ2v) is 7.30. The lowest BCUT2D eigenvalue weighted by Gasteiger charge is -2.24. The van der Waals surface area contributed by atoms with Crippen LogP contribution in [-0.4, -0.2) is 10.8 Å². The minimum Gasteiger partial charge on any atom is -0.328 e. The Hall–Kier alpha value is -1.75. The first-order chi connectivity index (χ1) is 11.5. The van der Waals surface area contributed by atoms with E-state index in [0.717, 1.165) is 25.7 Å². The van der Waals surface area contributed by atoms with Gasteiger partial charge in [0.25, 0.3) is 0 Å². The summed E-state index contributed by atoms with van der Waals surface area (Å²) in [6, 6.07) is 7.94. The smallest absolute Gasteiger partial charge is 0.247 e. The van der Waals surface area contributed by atoms with E-state index in [0.29, 0.717) is 21.5 Å². The second kappa shape index (κ2) is 7.43. The maximum atomic E-state index is 14.5. The lowest BCUT2D eigenvalue weighted by Crippen LogP contribution is -2.17. The summed E-state index contributed by atoms with van der Waals surface area (Å²) < 4.78 is 15.2. The standard InChI is InChI=1S/C19H19BrFNO2/c20-14-6-7-15(17(21)9-14)16(12-3-1-2-4-12)10-18(23)13-5-8-19(24)22-11-13/h5-9,11-12,16H,1-4,10H2,(H,22,24). The van der Waals surface area contributed by atoms with Crippen molar-refractivity contribution in [1.29, 1.82) is 0 Å². The van der Waals surface area contributed by atoms with Crippen molar-refractivity contribution in [2.45, 2.75) is 38.0 Å². The van der Waals surface area contributed by atoms with Crippen molar-refractivity contribution in [3.8, 4) is 0 Å². The number of halogens is 2. The van der Waals surface area contributed by atoms with E-state index in [2.05, 4.69) is 20.9 Å². The maximum absolute atomic E-state index is 14.5. The molecule has 1 N–H and O–H groups in total. The summed E-state index contributed by atoms with van der Waals surface area (Å²) in [4.78, 5) is 26.3. The molecule has 0 aliphatic heterocycles. The third kappa shape index (κ3) is 3.83. The Labute approximate surface area is 148 Å². The lowest BCUT2D eigenvalue weighted by molar-refractivity contribution is 0.0963. The largest absolute Gasteiger partial charge is 0.328 e. The van der Waals surface area contributed by atoms with Gasteiger partial charge in [-0.1, -0.05) is 34.8 Å².